The predicted molar refractivity (Wildman–Crippen MR) is 50.0 cm³/mol. The van der Waals surface area contributed by atoms with E-state index in [2.05, 4.69) is 15.9 Å². The maximum Gasteiger partial charge on any atom is 0.174 e. The summed E-state index contributed by atoms with van der Waals surface area (Å²) in [7, 11) is 0. The molecule has 0 bridgehead atoms. The standard InChI is InChI=1S/C9H7BrO3/c10-8-7(12)2-1-5-3-6(11)4-13-9(5)8/h1-2,12H,3-4H2. The molecule has 1 aliphatic heterocycles. The quantitative estimate of drug-likeness (QED) is 0.753. The first-order valence-corrected chi connectivity index (χ1v) is 4.62. The molecule has 68 valence electrons. The van der Waals surface area contributed by atoms with Crippen LogP contribution in [0.4, 0.5) is 0 Å². The average molecular weight is 243 g/mol. The van der Waals surface area contributed by atoms with E-state index in [1.807, 2.05) is 0 Å². The summed E-state index contributed by atoms with van der Waals surface area (Å²) < 4.78 is 5.72. The number of Topliss-reactive ketones (excluding diaryl/α,β-unsaturated/α-hetero) is 1. The number of ether oxygens (including phenoxy) is 1. The lowest BCUT2D eigenvalue weighted by molar-refractivity contribution is -0.121. The number of ketones is 1. The third-order valence-electron chi connectivity index (χ3n) is 1.92. The number of aromatic hydroxyl groups is 1. The molecule has 0 radical (unpaired) electrons. The van der Waals surface area contributed by atoms with Crippen molar-refractivity contribution >= 4 is 21.7 Å². The summed E-state index contributed by atoms with van der Waals surface area (Å²) in [5.41, 5.74) is 0.820. The summed E-state index contributed by atoms with van der Waals surface area (Å²) in [6, 6.07) is 3.25. The van der Waals surface area contributed by atoms with Crippen LogP contribution in [0, 0.1) is 0 Å². The number of hydrogen-bond acceptors (Lipinski definition) is 3. The molecule has 1 N–H and O–H groups in total. The lowest BCUT2D eigenvalue weighted by Crippen LogP contribution is -2.20. The van der Waals surface area contributed by atoms with Crippen LogP contribution in [-0.2, 0) is 11.2 Å². The van der Waals surface area contributed by atoms with E-state index in [4.69, 9.17) is 4.74 Å². The normalized spacial score (nSPS) is 15.0. The molecule has 0 saturated heterocycles. The van der Waals surface area contributed by atoms with Crippen molar-refractivity contribution in [3.8, 4) is 11.5 Å². The zero-order valence-electron chi connectivity index (χ0n) is 6.71. The van der Waals surface area contributed by atoms with Crippen LogP contribution in [0.25, 0.3) is 0 Å². The molecule has 0 spiro atoms. The van der Waals surface area contributed by atoms with Crippen LogP contribution in [0.15, 0.2) is 16.6 Å². The highest BCUT2D eigenvalue weighted by Gasteiger charge is 2.20. The summed E-state index contributed by atoms with van der Waals surface area (Å²) in [4.78, 5) is 11.0. The number of hydrogen-bond donors (Lipinski definition) is 1. The molecule has 13 heavy (non-hydrogen) atoms. The maximum atomic E-state index is 11.0. The van der Waals surface area contributed by atoms with Gasteiger partial charge in [0.25, 0.3) is 0 Å². The first kappa shape index (κ1) is 8.56. The molecular weight excluding hydrogens is 236 g/mol. The van der Waals surface area contributed by atoms with Crippen LogP contribution in [0.3, 0.4) is 0 Å². The monoisotopic (exact) mass is 242 g/mol. The molecule has 0 aromatic heterocycles. The Kier molecular flexibility index (Phi) is 2.00. The molecule has 3 nitrogen and oxygen atoms in total. The molecule has 2 rings (SSSR count). The van der Waals surface area contributed by atoms with Gasteiger partial charge >= 0.3 is 0 Å². The summed E-state index contributed by atoms with van der Waals surface area (Å²) in [6.45, 7) is 0.0923. The Morgan fingerprint density at radius 2 is 2.23 bits per heavy atom. The first-order valence-electron chi connectivity index (χ1n) is 3.83. The maximum absolute atomic E-state index is 11.0. The van der Waals surface area contributed by atoms with E-state index in [9.17, 15) is 9.90 Å². The number of phenols is 1. The predicted octanol–water partition coefficient (Wildman–Crippen LogP) is 1.66. The third-order valence-corrected chi connectivity index (χ3v) is 2.69. The minimum Gasteiger partial charge on any atom is -0.507 e. The van der Waals surface area contributed by atoms with Gasteiger partial charge in [-0.15, -0.1) is 0 Å². The van der Waals surface area contributed by atoms with E-state index < -0.39 is 0 Å². The van der Waals surface area contributed by atoms with Crippen molar-refractivity contribution in [2.45, 2.75) is 6.42 Å². The molecule has 4 heteroatoms. The second-order valence-corrected chi connectivity index (χ2v) is 3.68. The topological polar surface area (TPSA) is 46.5 Å². The minimum atomic E-state index is 0.0603. The Hall–Kier alpha value is -1.03. The van der Waals surface area contributed by atoms with Gasteiger partial charge in [-0.1, -0.05) is 6.07 Å². The van der Waals surface area contributed by atoms with E-state index in [0.717, 1.165) is 5.56 Å². The molecular formula is C9H7BrO3. The van der Waals surface area contributed by atoms with Gasteiger partial charge < -0.3 is 9.84 Å². The van der Waals surface area contributed by atoms with Gasteiger partial charge in [-0.25, -0.2) is 0 Å². The molecule has 0 amide bonds. The fourth-order valence-electron chi connectivity index (χ4n) is 1.30. The van der Waals surface area contributed by atoms with Crippen LogP contribution in [0.2, 0.25) is 0 Å². The van der Waals surface area contributed by atoms with Crippen LogP contribution < -0.4 is 4.74 Å². The Labute approximate surface area is 83.5 Å². The molecule has 1 aromatic rings. The van der Waals surface area contributed by atoms with E-state index in [0.29, 0.717) is 16.6 Å². The van der Waals surface area contributed by atoms with Gasteiger partial charge in [0.1, 0.15) is 22.6 Å². The molecule has 0 atom stereocenters. The van der Waals surface area contributed by atoms with Crippen LogP contribution in [-0.4, -0.2) is 17.5 Å². The Morgan fingerprint density at radius 1 is 1.46 bits per heavy atom. The molecule has 0 saturated carbocycles. The van der Waals surface area contributed by atoms with Gasteiger partial charge in [0.2, 0.25) is 0 Å². The molecule has 0 fully saturated rings. The summed E-state index contributed by atoms with van der Waals surface area (Å²) >= 11 is 3.20. The highest BCUT2D eigenvalue weighted by molar-refractivity contribution is 9.10. The van der Waals surface area contributed by atoms with E-state index in [1.165, 1.54) is 0 Å². The number of carbonyl (C=O) groups is 1. The fourth-order valence-corrected chi connectivity index (χ4v) is 1.80. The highest BCUT2D eigenvalue weighted by Crippen LogP contribution is 2.38. The van der Waals surface area contributed by atoms with Crippen molar-refractivity contribution in [1.82, 2.24) is 0 Å². The molecule has 1 aromatic carbocycles. The van der Waals surface area contributed by atoms with Gasteiger partial charge in [-0.3, -0.25) is 4.79 Å². The minimum absolute atomic E-state index is 0.0603. The second kappa shape index (κ2) is 3.03. The SMILES string of the molecule is O=C1COc2c(ccc(O)c2Br)C1. The van der Waals surface area contributed by atoms with Gasteiger partial charge in [0.15, 0.2) is 5.78 Å². The zero-order chi connectivity index (χ0) is 9.42. The zero-order valence-corrected chi connectivity index (χ0v) is 8.30. The number of rotatable bonds is 0. The van der Waals surface area contributed by atoms with Gasteiger partial charge in [0.05, 0.1) is 0 Å². The fraction of sp³-hybridized carbons (Fsp3) is 0.222. The van der Waals surface area contributed by atoms with E-state index >= 15 is 0 Å². The summed E-state index contributed by atoms with van der Waals surface area (Å²) in [6.07, 6.45) is 0.383. The van der Waals surface area contributed by atoms with Crippen LogP contribution in [0.1, 0.15) is 5.56 Å². The molecule has 1 aliphatic rings. The largest absolute Gasteiger partial charge is 0.507 e. The number of fused-ring (bicyclic) bond motifs is 1. The van der Waals surface area contributed by atoms with E-state index in [1.54, 1.807) is 12.1 Å². The number of phenolic OH excluding ortho intramolecular Hbond substituents is 1. The van der Waals surface area contributed by atoms with Crippen molar-refractivity contribution in [3.05, 3.63) is 22.2 Å². The van der Waals surface area contributed by atoms with Crippen LogP contribution >= 0.6 is 15.9 Å². The number of halogens is 1. The van der Waals surface area contributed by atoms with Crippen LogP contribution in [0.5, 0.6) is 11.5 Å². The van der Waals surface area contributed by atoms with Crippen molar-refractivity contribution in [1.29, 1.82) is 0 Å². The molecule has 1 heterocycles. The first-order chi connectivity index (χ1) is 6.18. The number of carbonyl (C=O) groups excluding carboxylic acids is 1. The van der Waals surface area contributed by atoms with Crippen molar-refractivity contribution < 1.29 is 14.6 Å². The lowest BCUT2D eigenvalue weighted by atomic mass is 10.1. The van der Waals surface area contributed by atoms with Gasteiger partial charge in [-0.2, -0.15) is 0 Å². The Balaban J connectivity index is 2.53. The highest BCUT2D eigenvalue weighted by atomic mass is 79.9. The lowest BCUT2D eigenvalue weighted by Gasteiger charge is -2.17. The Bertz CT molecular complexity index is 373. The Morgan fingerprint density at radius 3 is 3.00 bits per heavy atom. The average Bonchev–Trinajstić information content (AvgIpc) is 2.12. The third kappa shape index (κ3) is 1.42. The molecule has 0 aliphatic carbocycles. The van der Waals surface area contributed by atoms with Gasteiger partial charge in [-0.05, 0) is 22.0 Å². The van der Waals surface area contributed by atoms with E-state index in [-0.39, 0.29) is 18.1 Å². The van der Waals surface area contributed by atoms with Crippen molar-refractivity contribution in [2.75, 3.05) is 6.61 Å². The van der Waals surface area contributed by atoms with Gasteiger partial charge in [0, 0.05) is 12.0 Å². The second-order valence-electron chi connectivity index (χ2n) is 2.89. The van der Waals surface area contributed by atoms with Crippen molar-refractivity contribution in [2.24, 2.45) is 0 Å². The summed E-state index contributed by atoms with van der Waals surface area (Å²) in [5.74, 6) is 0.776. The van der Waals surface area contributed by atoms with Crippen molar-refractivity contribution in [3.63, 3.8) is 0 Å². The number of benzene rings is 1. The summed E-state index contributed by atoms with van der Waals surface area (Å²) in [5, 5.41) is 9.33. The smallest absolute Gasteiger partial charge is 0.174 e. The molecule has 0 unspecified atom stereocenters.